The summed E-state index contributed by atoms with van der Waals surface area (Å²) < 4.78 is 23.3. The minimum Gasteiger partial charge on any atom is -0.496 e. The van der Waals surface area contributed by atoms with Crippen LogP contribution >= 0.6 is 0 Å². The number of methoxy groups -OCH3 is 1. The monoisotopic (exact) mass is 289 g/mol. The summed E-state index contributed by atoms with van der Waals surface area (Å²) in [5.41, 5.74) is 2.24. The number of hydrogen-bond donors (Lipinski definition) is 0. The van der Waals surface area contributed by atoms with Crippen LogP contribution in [0.2, 0.25) is 0 Å². The molecule has 0 fully saturated rings. The molecule has 4 nitrogen and oxygen atoms in total. The Morgan fingerprint density at radius 3 is 2.67 bits per heavy atom. The highest BCUT2D eigenvalue weighted by molar-refractivity contribution is 5.91. The van der Waals surface area contributed by atoms with E-state index in [-0.39, 0.29) is 5.82 Å². The van der Waals surface area contributed by atoms with Crippen LogP contribution in [0.1, 0.15) is 23.0 Å². The number of pyridine rings is 1. The first-order valence-electron chi connectivity index (χ1n) is 6.55. The van der Waals surface area contributed by atoms with E-state index in [0.29, 0.717) is 34.9 Å². The van der Waals surface area contributed by atoms with E-state index in [4.69, 9.17) is 9.47 Å². The highest BCUT2D eigenvalue weighted by atomic mass is 19.1. The lowest BCUT2D eigenvalue weighted by Crippen LogP contribution is -2.08. The molecule has 1 aromatic carbocycles. The predicted molar refractivity (Wildman–Crippen MR) is 76.9 cm³/mol. The van der Waals surface area contributed by atoms with Crippen molar-refractivity contribution in [3.05, 3.63) is 47.4 Å². The Morgan fingerprint density at radius 1 is 1.29 bits per heavy atom. The third-order valence-electron chi connectivity index (χ3n) is 3.02. The summed E-state index contributed by atoms with van der Waals surface area (Å²) in [4.78, 5) is 16.1. The zero-order valence-corrected chi connectivity index (χ0v) is 12.1. The zero-order valence-electron chi connectivity index (χ0n) is 12.1. The number of carbonyl (C=O) groups excluding carboxylic acids is 1. The third kappa shape index (κ3) is 3.18. The Bertz CT molecular complexity index is 671. The lowest BCUT2D eigenvalue weighted by atomic mass is 10.1. The van der Waals surface area contributed by atoms with Gasteiger partial charge in [0, 0.05) is 11.6 Å². The van der Waals surface area contributed by atoms with Gasteiger partial charge < -0.3 is 9.47 Å². The molecule has 0 amide bonds. The standard InChI is InChI=1S/C16H16FNO3/c1-4-21-16(19)12-7-8-14(18-10(12)2)13-6-5-11(17)9-15(13)20-3/h5-9H,4H2,1-3H3. The maximum atomic E-state index is 13.2. The molecule has 0 N–H and O–H groups in total. The molecule has 1 heterocycles. The van der Waals surface area contributed by atoms with Gasteiger partial charge in [0.05, 0.1) is 30.7 Å². The largest absolute Gasteiger partial charge is 0.496 e. The highest BCUT2D eigenvalue weighted by Crippen LogP contribution is 2.29. The molecule has 0 unspecified atom stereocenters. The van der Waals surface area contributed by atoms with Crippen LogP contribution in [-0.2, 0) is 4.74 Å². The van der Waals surface area contributed by atoms with Gasteiger partial charge in [0.15, 0.2) is 0 Å². The number of benzene rings is 1. The Labute approximate surface area is 122 Å². The van der Waals surface area contributed by atoms with Crippen molar-refractivity contribution in [2.75, 3.05) is 13.7 Å². The number of aromatic nitrogens is 1. The van der Waals surface area contributed by atoms with Crippen molar-refractivity contribution in [3.63, 3.8) is 0 Å². The van der Waals surface area contributed by atoms with Gasteiger partial charge in [-0.05, 0) is 38.1 Å². The van der Waals surface area contributed by atoms with Crippen molar-refractivity contribution in [2.45, 2.75) is 13.8 Å². The normalized spacial score (nSPS) is 10.3. The number of rotatable bonds is 4. The quantitative estimate of drug-likeness (QED) is 0.810. The Balaban J connectivity index is 2.43. The van der Waals surface area contributed by atoms with Crippen molar-refractivity contribution in [3.8, 4) is 17.0 Å². The van der Waals surface area contributed by atoms with Gasteiger partial charge >= 0.3 is 5.97 Å². The molecule has 21 heavy (non-hydrogen) atoms. The molecule has 0 bridgehead atoms. The average molecular weight is 289 g/mol. The second kappa shape index (κ2) is 6.35. The molecule has 0 radical (unpaired) electrons. The number of aryl methyl sites for hydroxylation is 1. The number of halogens is 1. The zero-order chi connectivity index (χ0) is 15.4. The summed E-state index contributed by atoms with van der Waals surface area (Å²) >= 11 is 0. The van der Waals surface area contributed by atoms with Crippen molar-refractivity contribution < 1.29 is 18.7 Å². The minimum atomic E-state index is -0.403. The maximum Gasteiger partial charge on any atom is 0.339 e. The molecule has 1 aromatic heterocycles. The van der Waals surface area contributed by atoms with Crippen molar-refractivity contribution in [1.82, 2.24) is 4.98 Å². The Hall–Kier alpha value is -2.43. The molecular formula is C16H16FNO3. The number of carbonyl (C=O) groups is 1. The van der Waals surface area contributed by atoms with Gasteiger partial charge in [-0.1, -0.05) is 0 Å². The van der Waals surface area contributed by atoms with E-state index in [9.17, 15) is 9.18 Å². The van der Waals surface area contributed by atoms with E-state index in [1.165, 1.54) is 19.2 Å². The lowest BCUT2D eigenvalue weighted by Gasteiger charge is -2.10. The topological polar surface area (TPSA) is 48.4 Å². The van der Waals surface area contributed by atoms with Crippen LogP contribution in [0.15, 0.2) is 30.3 Å². The number of ether oxygens (including phenoxy) is 2. The molecule has 0 aliphatic heterocycles. The summed E-state index contributed by atoms with van der Waals surface area (Å²) in [5, 5.41) is 0. The molecule has 0 aliphatic rings. The molecular weight excluding hydrogens is 273 g/mol. The maximum absolute atomic E-state index is 13.2. The van der Waals surface area contributed by atoms with Crippen molar-refractivity contribution in [1.29, 1.82) is 0 Å². The van der Waals surface area contributed by atoms with Gasteiger partial charge in [0.25, 0.3) is 0 Å². The van der Waals surface area contributed by atoms with Gasteiger partial charge in [0.2, 0.25) is 0 Å². The number of hydrogen-bond acceptors (Lipinski definition) is 4. The van der Waals surface area contributed by atoms with Crippen LogP contribution < -0.4 is 4.74 Å². The minimum absolute atomic E-state index is 0.311. The summed E-state index contributed by atoms with van der Waals surface area (Å²) in [7, 11) is 1.47. The van der Waals surface area contributed by atoms with E-state index in [2.05, 4.69) is 4.98 Å². The molecule has 0 saturated carbocycles. The lowest BCUT2D eigenvalue weighted by molar-refractivity contribution is 0.0525. The van der Waals surface area contributed by atoms with Crippen LogP contribution in [0.4, 0.5) is 4.39 Å². The smallest absolute Gasteiger partial charge is 0.339 e. The van der Waals surface area contributed by atoms with Crippen LogP contribution in [0.5, 0.6) is 5.75 Å². The second-order valence-corrected chi connectivity index (χ2v) is 4.39. The fraction of sp³-hybridized carbons (Fsp3) is 0.250. The first kappa shape index (κ1) is 15.0. The number of nitrogens with zero attached hydrogens (tertiary/aromatic N) is 1. The van der Waals surface area contributed by atoms with Crippen LogP contribution in [-0.4, -0.2) is 24.7 Å². The van der Waals surface area contributed by atoms with Gasteiger partial charge in [0.1, 0.15) is 11.6 Å². The first-order chi connectivity index (χ1) is 10.1. The Morgan fingerprint density at radius 2 is 2.05 bits per heavy atom. The molecule has 0 spiro atoms. The summed E-state index contributed by atoms with van der Waals surface area (Å²) in [6.45, 7) is 3.79. The fourth-order valence-electron chi connectivity index (χ4n) is 2.01. The molecule has 2 aromatic rings. The molecule has 5 heteroatoms. The van der Waals surface area contributed by atoms with Crippen LogP contribution in [0.3, 0.4) is 0 Å². The van der Waals surface area contributed by atoms with E-state index in [1.807, 2.05) is 0 Å². The fourth-order valence-corrected chi connectivity index (χ4v) is 2.01. The van der Waals surface area contributed by atoms with Crippen LogP contribution in [0.25, 0.3) is 11.3 Å². The second-order valence-electron chi connectivity index (χ2n) is 4.39. The molecule has 0 aliphatic carbocycles. The van der Waals surface area contributed by atoms with E-state index in [1.54, 1.807) is 32.0 Å². The van der Waals surface area contributed by atoms with Crippen molar-refractivity contribution in [2.24, 2.45) is 0 Å². The van der Waals surface area contributed by atoms with Gasteiger partial charge in [-0.25, -0.2) is 9.18 Å². The molecule has 110 valence electrons. The summed E-state index contributed by atoms with van der Waals surface area (Å²) in [6, 6.07) is 7.58. The Kier molecular flexibility index (Phi) is 4.52. The molecule has 2 rings (SSSR count). The average Bonchev–Trinajstić information content (AvgIpc) is 2.47. The first-order valence-corrected chi connectivity index (χ1v) is 6.55. The van der Waals surface area contributed by atoms with Gasteiger partial charge in [-0.2, -0.15) is 0 Å². The molecule has 0 atom stereocenters. The summed E-state index contributed by atoms with van der Waals surface area (Å²) in [5.74, 6) is -0.388. The summed E-state index contributed by atoms with van der Waals surface area (Å²) in [6.07, 6.45) is 0. The van der Waals surface area contributed by atoms with Crippen LogP contribution in [0, 0.1) is 12.7 Å². The number of esters is 1. The molecule has 0 saturated heterocycles. The van der Waals surface area contributed by atoms with E-state index >= 15 is 0 Å². The van der Waals surface area contributed by atoms with E-state index < -0.39 is 5.97 Å². The highest BCUT2D eigenvalue weighted by Gasteiger charge is 2.14. The van der Waals surface area contributed by atoms with Gasteiger partial charge in [-0.15, -0.1) is 0 Å². The van der Waals surface area contributed by atoms with Crippen molar-refractivity contribution >= 4 is 5.97 Å². The third-order valence-corrected chi connectivity index (χ3v) is 3.02. The van der Waals surface area contributed by atoms with E-state index in [0.717, 1.165) is 0 Å². The predicted octanol–water partition coefficient (Wildman–Crippen LogP) is 3.38. The van der Waals surface area contributed by atoms with Gasteiger partial charge in [-0.3, -0.25) is 4.98 Å². The SMILES string of the molecule is CCOC(=O)c1ccc(-c2ccc(F)cc2OC)nc1C.